The van der Waals surface area contributed by atoms with Gasteiger partial charge in [-0.25, -0.2) is 0 Å². The number of ether oxygens (including phenoxy) is 1. The summed E-state index contributed by atoms with van der Waals surface area (Å²) in [5.41, 5.74) is -0.0935. The lowest BCUT2D eigenvalue weighted by molar-refractivity contribution is -0.122. The summed E-state index contributed by atoms with van der Waals surface area (Å²) < 4.78 is 6.98. The van der Waals surface area contributed by atoms with Gasteiger partial charge in [0.2, 0.25) is 0 Å². The Kier molecular flexibility index (Phi) is 4.20. The van der Waals surface area contributed by atoms with Gasteiger partial charge in [0.15, 0.2) is 6.61 Å². The van der Waals surface area contributed by atoms with E-state index in [0.717, 1.165) is 0 Å². The van der Waals surface area contributed by atoms with E-state index in [2.05, 4.69) is 11.9 Å². The summed E-state index contributed by atoms with van der Waals surface area (Å²) in [6.45, 7) is 3.82. The number of carbonyl (C=O) groups is 1. The van der Waals surface area contributed by atoms with Crippen molar-refractivity contribution in [2.45, 2.75) is 0 Å². The van der Waals surface area contributed by atoms with Crippen LogP contribution in [-0.4, -0.2) is 23.6 Å². The molecule has 0 saturated heterocycles. The number of aromatic nitrogens is 1. The van der Waals surface area contributed by atoms with Crippen LogP contribution in [0.15, 0.2) is 47.9 Å². The van der Waals surface area contributed by atoms with Crippen molar-refractivity contribution in [2.75, 3.05) is 13.2 Å². The van der Waals surface area contributed by atoms with Crippen molar-refractivity contribution in [1.29, 1.82) is 0 Å². The van der Waals surface area contributed by atoms with Gasteiger partial charge in [0, 0.05) is 25.2 Å². The molecule has 2 aromatic rings. The fraction of sp³-hybridized carbons (Fsp3) is 0.200. The summed E-state index contributed by atoms with van der Waals surface area (Å²) in [4.78, 5) is 23.5. The van der Waals surface area contributed by atoms with Crippen LogP contribution in [0, 0.1) is 0 Å². The van der Waals surface area contributed by atoms with Crippen molar-refractivity contribution in [1.82, 2.24) is 9.88 Å². The molecule has 0 spiro atoms. The van der Waals surface area contributed by atoms with Crippen molar-refractivity contribution in [3.05, 3.63) is 53.5 Å². The molecule has 0 aliphatic heterocycles. The largest absolute Gasteiger partial charge is 0.483 e. The van der Waals surface area contributed by atoms with Gasteiger partial charge in [-0.05, 0) is 18.2 Å². The van der Waals surface area contributed by atoms with Gasteiger partial charge in [0.05, 0.1) is 5.39 Å². The van der Waals surface area contributed by atoms with Crippen molar-refractivity contribution in [2.24, 2.45) is 7.05 Å². The number of amides is 1. The van der Waals surface area contributed by atoms with E-state index in [1.54, 1.807) is 43.6 Å². The molecule has 2 rings (SSSR count). The van der Waals surface area contributed by atoms with E-state index in [0.29, 0.717) is 23.1 Å². The summed E-state index contributed by atoms with van der Waals surface area (Å²) in [6, 6.07) is 7.01. The van der Waals surface area contributed by atoms with Crippen molar-refractivity contribution >= 4 is 16.7 Å². The SMILES string of the molecule is C=CCNC(=O)COc1cccc2c(=O)n(C)ccc12. The van der Waals surface area contributed by atoms with Crippen LogP contribution in [0.3, 0.4) is 0 Å². The normalized spacial score (nSPS) is 10.2. The molecule has 0 bridgehead atoms. The van der Waals surface area contributed by atoms with E-state index in [1.807, 2.05) is 0 Å². The molecule has 5 nitrogen and oxygen atoms in total. The number of hydrogen-bond donors (Lipinski definition) is 1. The maximum atomic E-state index is 12.0. The molecule has 1 heterocycles. The van der Waals surface area contributed by atoms with Crippen LogP contribution < -0.4 is 15.6 Å². The van der Waals surface area contributed by atoms with Gasteiger partial charge in [-0.1, -0.05) is 12.1 Å². The highest BCUT2D eigenvalue weighted by Gasteiger charge is 2.07. The molecule has 1 aromatic heterocycles. The second-order valence-corrected chi connectivity index (χ2v) is 4.33. The Balaban J connectivity index is 2.23. The third-order valence-electron chi connectivity index (χ3n) is 2.88. The maximum absolute atomic E-state index is 12.0. The smallest absolute Gasteiger partial charge is 0.258 e. The Morgan fingerprint density at radius 2 is 2.20 bits per heavy atom. The van der Waals surface area contributed by atoms with E-state index in [1.165, 1.54) is 4.57 Å². The van der Waals surface area contributed by atoms with Crippen molar-refractivity contribution in [3.63, 3.8) is 0 Å². The zero-order valence-electron chi connectivity index (χ0n) is 11.3. The standard InChI is InChI=1S/C15H16N2O3/c1-3-8-16-14(18)10-20-13-6-4-5-12-11(13)7-9-17(2)15(12)19/h3-7,9H,1,8,10H2,2H3,(H,16,18). The van der Waals surface area contributed by atoms with Crippen LogP contribution in [0.25, 0.3) is 10.8 Å². The van der Waals surface area contributed by atoms with E-state index >= 15 is 0 Å². The number of carbonyl (C=O) groups excluding carboxylic acids is 1. The highest BCUT2D eigenvalue weighted by atomic mass is 16.5. The summed E-state index contributed by atoms with van der Waals surface area (Å²) in [7, 11) is 1.69. The van der Waals surface area contributed by atoms with Crippen LogP contribution >= 0.6 is 0 Å². The van der Waals surface area contributed by atoms with E-state index in [4.69, 9.17) is 4.74 Å². The first-order valence-corrected chi connectivity index (χ1v) is 6.22. The first-order chi connectivity index (χ1) is 9.63. The third-order valence-corrected chi connectivity index (χ3v) is 2.88. The molecule has 0 saturated carbocycles. The van der Waals surface area contributed by atoms with Gasteiger partial charge in [-0.15, -0.1) is 6.58 Å². The quantitative estimate of drug-likeness (QED) is 0.833. The lowest BCUT2D eigenvalue weighted by Gasteiger charge is -2.09. The highest BCUT2D eigenvalue weighted by molar-refractivity contribution is 5.88. The lowest BCUT2D eigenvalue weighted by Crippen LogP contribution is -2.28. The molecule has 1 amide bonds. The molecule has 0 unspecified atom stereocenters. The minimum absolute atomic E-state index is 0.0935. The average molecular weight is 272 g/mol. The Morgan fingerprint density at radius 3 is 2.95 bits per heavy atom. The number of fused-ring (bicyclic) bond motifs is 1. The molecule has 0 radical (unpaired) electrons. The van der Waals surface area contributed by atoms with Gasteiger partial charge in [0.1, 0.15) is 5.75 Å². The zero-order chi connectivity index (χ0) is 14.5. The van der Waals surface area contributed by atoms with Crippen LogP contribution in [-0.2, 0) is 11.8 Å². The zero-order valence-corrected chi connectivity index (χ0v) is 11.3. The first kappa shape index (κ1) is 13.9. The fourth-order valence-corrected chi connectivity index (χ4v) is 1.85. The summed E-state index contributed by atoms with van der Waals surface area (Å²) in [5, 5.41) is 3.89. The number of rotatable bonds is 5. The number of nitrogens with one attached hydrogen (secondary N) is 1. The number of nitrogens with zero attached hydrogens (tertiary/aromatic N) is 1. The minimum Gasteiger partial charge on any atom is -0.483 e. The minimum atomic E-state index is -0.231. The van der Waals surface area contributed by atoms with Gasteiger partial charge >= 0.3 is 0 Å². The average Bonchev–Trinajstić information content (AvgIpc) is 2.46. The topological polar surface area (TPSA) is 60.3 Å². The fourth-order valence-electron chi connectivity index (χ4n) is 1.85. The van der Waals surface area contributed by atoms with Crippen LogP contribution in [0.4, 0.5) is 0 Å². The Bertz CT molecular complexity index is 704. The van der Waals surface area contributed by atoms with E-state index in [-0.39, 0.29) is 18.1 Å². The molecule has 5 heteroatoms. The molecule has 1 N–H and O–H groups in total. The van der Waals surface area contributed by atoms with Crippen molar-refractivity contribution in [3.8, 4) is 5.75 Å². The Hall–Kier alpha value is -2.56. The lowest BCUT2D eigenvalue weighted by atomic mass is 10.1. The predicted octanol–water partition coefficient (Wildman–Crippen LogP) is 1.22. The molecule has 0 fully saturated rings. The molecule has 0 aliphatic carbocycles. The monoisotopic (exact) mass is 272 g/mol. The summed E-state index contributed by atoms with van der Waals surface area (Å²) in [5.74, 6) is 0.291. The van der Waals surface area contributed by atoms with Crippen molar-refractivity contribution < 1.29 is 9.53 Å². The van der Waals surface area contributed by atoms with Crippen LogP contribution in [0.2, 0.25) is 0 Å². The second-order valence-electron chi connectivity index (χ2n) is 4.33. The van der Waals surface area contributed by atoms with Gasteiger partial charge < -0.3 is 14.6 Å². The number of pyridine rings is 1. The Morgan fingerprint density at radius 1 is 1.40 bits per heavy atom. The third kappa shape index (κ3) is 2.88. The number of hydrogen-bond acceptors (Lipinski definition) is 3. The maximum Gasteiger partial charge on any atom is 0.258 e. The molecule has 20 heavy (non-hydrogen) atoms. The van der Waals surface area contributed by atoms with Crippen LogP contribution in [0.5, 0.6) is 5.75 Å². The highest BCUT2D eigenvalue weighted by Crippen LogP contribution is 2.22. The summed E-state index contributed by atoms with van der Waals surface area (Å²) in [6.07, 6.45) is 3.27. The van der Waals surface area contributed by atoms with E-state index in [9.17, 15) is 9.59 Å². The van der Waals surface area contributed by atoms with Crippen LogP contribution in [0.1, 0.15) is 0 Å². The number of aryl methyl sites for hydroxylation is 1. The van der Waals surface area contributed by atoms with Gasteiger partial charge in [0.25, 0.3) is 11.5 Å². The van der Waals surface area contributed by atoms with Gasteiger partial charge in [-0.2, -0.15) is 0 Å². The molecule has 1 aromatic carbocycles. The molecule has 104 valence electrons. The second kappa shape index (κ2) is 6.06. The summed E-state index contributed by atoms with van der Waals surface area (Å²) >= 11 is 0. The number of benzene rings is 1. The molecule has 0 aliphatic rings. The molecular formula is C15H16N2O3. The predicted molar refractivity (Wildman–Crippen MR) is 77.9 cm³/mol. The molecular weight excluding hydrogens is 256 g/mol. The molecule has 0 atom stereocenters. The van der Waals surface area contributed by atoms with Gasteiger partial charge in [-0.3, -0.25) is 9.59 Å². The Labute approximate surface area is 116 Å². The van der Waals surface area contributed by atoms with E-state index < -0.39 is 0 Å². The first-order valence-electron chi connectivity index (χ1n) is 6.22.